The van der Waals surface area contributed by atoms with Gasteiger partial charge in [-0.15, -0.1) is 0 Å². The Kier molecular flexibility index (Phi) is 3.49. The van der Waals surface area contributed by atoms with Crippen molar-refractivity contribution in [1.82, 2.24) is 9.78 Å². The van der Waals surface area contributed by atoms with E-state index in [2.05, 4.69) is 5.10 Å². The van der Waals surface area contributed by atoms with Crippen LogP contribution in [-0.4, -0.2) is 14.7 Å². The van der Waals surface area contributed by atoms with E-state index < -0.39 is 4.92 Å². The summed E-state index contributed by atoms with van der Waals surface area (Å²) >= 11 is 6.01. The summed E-state index contributed by atoms with van der Waals surface area (Å²) in [7, 11) is 0. The second-order valence-corrected chi connectivity index (χ2v) is 4.13. The molecule has 6 nitrogen and oxygen atoms in total. The molecule has 0 radical (unpaired) electrons. The van der Waals surface area contributed by atoms with E-state index in [0.717, 1.165) is 0 Å². The predicted molar refractivity (Wildman–Crippen MR) is 69.3 cm³/mol. The highest BCUT2D eigenvalue weighted by Gasteiger charge is 2.25. The molecule has 0 atom stereocenters. The molecule has 0 saturated carbocycles. The highest BCUT2D eigenvalue weighted by Crippen LogP contribution is 2.30. The zero-order valence-corrected chi connectivity index (χ0v) is 10.8. The van der Waals surface area contributed by atoms with Gasteiger partial charge in [0.1, 0.15) is 5.69 Å². The molecule has 0 aliphatic carbocycles. The molecule has 19 heavy (non-hydrogen) atoms. The number of aryl methyl sites for hydroxylation is 1. The van der Waals surface area contributed by atoms with E-state index in [1.807, 2.05) is 6.07 Å². The molecule has 2 aromatic rings. The Morgan fingerprint density at radius 3 is 2.53 bits per heavy atom. The average Bonchev–Trinajstić information content (AvgIpc) is 2.76. The van der Waals surface area contributed by atoms with Crippen LogP contribution in [0.1, 0.15) is 18.2 Å². The second kappa shape index (κ2) is 5.08. The van der Waals surface area contributed by atoms with Crippen molar-refractivity contribution in [2.45, 2.75) is 13.3 Å². The lowest BCUT2D eigenvalue weighted by atomic mass is 10.2. The Balaban J connectivity index is 2.56. The van der Waals surface area contributed by atoms with Gasteiger partial charge in [0, 0.05) is 0 Å². The zero-order valence-electron chi connectivity index (χ0n) is 10.00. The van der Waals surface area contributed by atoms with Gasteiger partial charge in [-0.2, -0.15) is 10.4 Å². The van der Waals surface area contributed by atoms with Crippen LogP contribution in [0.25, 0.3) is 5.69 Å². The van der Waals surface area contributed by atoms with Crippen LogP contribution in [0.15, 0.2) is 24.3 Å². The summed E-state index contributed by atoms with van der Waals surface area (Å²) in [4.78, 5) is 10.4. The highest BCUT2D eigenvalue weighted by molar-refractivity contribution is 6.32. The van der Waals surface area contributed by atoms with Crippen LogP contribution < -0.4 is 0 Å². The van der Waals surface area contributed by atoms with Gasteiger partial charge in [-0.05, 0) is 30.7 Å². The van der Waals surface area contributed by atoms with Crippen LogP contribution in [0, 0.1) is 21.4 Å². The second-order valence-electron chi connectivity index (χ2n) is 3.77. The van der Waals surface area contributed by atoms with Gasteiger partial charge in [-0.1, -0.05) is 18.5 Å². The van der Waals surface area contributed by atoms with Gasteiger partial charge >= 0.3 is 5.69 Å². The van der Waals surface area contributed by atoms with Crippen molar-refractivity contribution in [1.29, 1.82) is 5.26 Å². The fourth-order valence-electron chi connectivity index (χ4n) is 1.70. The van der Waals surface area contributed by atoms with E-state index in [1.54, 1.807) is 31.2 Å². The van der Waals surface area contributed by atoms with Gasteiger partial charge in [0.05, 0.1) is 22.2 Å². The first-order valence-corrected chi connectivity index (χ1v) is 5.88. The summed E-state index contributed by atoms with van der Waals surface area (Å²) in [6.07, 6.45) is 0.416. The monoisotopic (exact) mass is 276 g/mol. The van der Waals surface area contributed by atoms with Crippen molar-refractivity contribution >= 4 is 17.3 Å². The lowest BCUT2D eigenvalue weighted by molar-refractivity contribution is -0.385. The van der Waals surface area contributed by atoms with E-state index in [1.165, 1.54) is 4.68 Å². The van der Waals surface area contributed by atoms with Gasteiger partial charge in [0.2, 0.25) is 5.15 Å². The van der Waals surface area contributed by atoms with E-state index >= 15 is 0 Å². The van der Waals surface area contributed by atoms with E-state index in [9.17, 15) is 10.1 Å². The normalized spacial score (nSPS) is 10.2. The van der Waals surface area contributed by atoms with E-state index in [4.69, 9.17) is 16.9 Å². The largest absolute Gasteiger partial charge is 0.329 e. The first kappa shape index (κ1) is 13.1. The summed E-state index contributed by atoms with van der Waals surface area (Å²) in [6.45, 7) is 1.77. The Morgan fingerprint density at radius 1 is 1.47 bits per heavy atom. The van der Waals surface area contributed by atoms with Crippen LogP contribution >= 0.6 is 11.6 Å². The Bertz CT molecular complexity index is 670. The van der Waals surface area contributed by atoms with Crippen LogP contribution in [0.5, 0.6) is 0 Å². The number of nitriles is 1. The van der Waals surface area contributed by atoms with Gasteiger partial charge in [-0.25, -0.2) is 4.68 Å². The molecule has 1 aromatic heterocycles. The van der Waals surface area contributed by atoms with Crippen molar-refractivity contribution in [2.24, 2.45) is 0 Å². The number of nitrogens with zero attached hydrogens (tertiary/aromatic N) is 4. The third kappa shape index (κ3) is 2.28. The first-order chi connectivity index (χ1) is 9.08. The fraction of sp³-hybridized carbons (Fsp3) is 0.167. The van der Waals surface area contributed by atoms with Gasteiger partial charge in [-0.3, -0.25) is 10.1 Å². The molecule has 2 rings (SSSR count). The summed E-state index contributed by atoms with van der Waals surface area (Å²) < 4.78 is 1.31. The van der Waals surface area contributed by atoms with Crippen molar-refractivity contribution < 1.29 is 4.92 Å². The molecule has 0 amide bonds. The molecule has 96 valence electrons. The first-order valence-electron chi connectivity index (χ1n) is 5.50. The Hall–Kier alpha value is -2.39. The number of nitro groups is 1. The lowest BCUT2D eigenvalue weighted by Crippen LogP contribution is -1.97. The molecule has 1 aromatic carbocycles. The lowest BCUT2D eigenvalue weighted by Gasteiger charge is -2.01. The molecule has 0 aliphatic rings. The number of benzene rings is 1. The van der Waals surface area contributed by atoms with Crippen LogP contribution in [0.4, 0.5) is 5.69 Å². The standard InChI is InChI=1S/C12H9ClN4O2/c1-2-10-11(17(18)19)12(13)16(15-10)9-5-3-8(7-14)4-6-9/h3-6H,2H2,1H3. The van der Waals surface area contributed by atoms with Gasteiger partial charge < -0.3 is 0 Å². The van der Waals surface area contributed by atoms with Crippen molar-refractivity contribution in [2.75, 3.05) is 0 Å². The molecule has 0 N–H and O–H groups in total. The smallest absolute Gasteiger partial charge is 0.258 e. The number of hydrogen-bond acceptors (Lipinski definition) is 4. The maximum Gasteiger partial charge on any atom is 0.329 e. The SMILES string of the molecule is CCc1nn(-c2ccc(C#N)cc2)c(Cl)c1[N+](=O)[O-]. The van der Waals surface area contributed by atoms with Gasteiger partial charge in [0.15, 0.2) is 0 Å². The molecule has 0 fully saturated rings. The Morgan fingerprint density at radius 2 is 2.11 bits per heavy atom. The number of aromatic nitrogens is 2. The molecule has 0 saturated heterocycles. The molecule has 0 spiro atoms. The summed E-state index contributed by atoms with van der Waals surface area (Å²) in [5, 5.41) is 23.8. The third-order valence-corrected chi connectivity index (χ3v) is 2.97. The van der Waals surface area contributed by atoms with Crippen molar-refractivity contribution in [3.63, 3.8) is 0 Å². The van der Waals surface area contributed by atoms with Crippen molar-refractivity contribution in [3.05, 3.63) is 50.8 Å². The van der Waals surface area contributed by atoms with Crippen LogP contribution in [-0.2, 0) is 6.42 Å². The highest BCUT2D eigenvalue weighted by atomic mass is 35.5. The Labute approximate surface area is 114 Å². The minimum Gasteiger partial charge on any atom is -0.258 e. The molecule has 0 unspecified atom stereocenters. The topological polar surface area (TPSA) is 84.8 Å². The van der Waals surface area contributed by atoms with Crippen LogP contribution in [0.3, 0.4) is 0 Å². The van der Waals surface area contributed by atoms with Crippen LogP contribution in [0.2, 0.25) is 5.15 Å². The number of rotatable bonds is 3. The molecule has 1 heterocycles. The molecular formula is C12H9ClN4O2. The molecule has 7 heteroatoms. The summed E-state index contributed by atoms with van der Waals surface area (Å²) in [5.41, 5.74) is 1.23. The molecule has 0 aliphatic heterocycles. The predicted octanol–water partition coefficient (Wildman–Crippen LogP) is 2.87. The maximum atomic E-state index is 11.0. The molecular weight excluding hydrogens is 268 g/mol. The minimum absolute atomic E-state index is 0.0356. The fourth-order valence-corrected chi connectivity index (χ4v) is 2.01. The minimum atomic E-state index is -0.533. The molecule has 0 bridgehead atoms. The number of hydrogen-bond donors (Lipinski definition) is 0. The summed E-state index contributed by atoms with van der Waals surface area (Å²) in [6, 6.07) is 8.48. The quantitative estimate of drug-likeness (QED) is 0.637. The maximum absolute atomic E-state index is 11.0. The van der Waals surface area contributed by atoms with Crippen molar-refractivity contribution in [3.8, 4) is 11.8 Å². The van der Waals surface area contributed by atoms with E-state index in [-0.39, 0.29) is 10.8 Å². The summed E-state index contributed by atoms with van der Waals surface area (Å²) in [5.74, 6) is 0. The zero-order chi connectivity index (χ0) is 14.0. The van der Waals surface area contributed by atoms with E-state index in [0.29, 0.717) is 23.4 Å². The average molecular weight is 277 g/mol. The number of halogens is 1. The van der Waals surface area contributed by atoms with Gasteiger partial charge in [0.25, 0.3) is 0 Å². The third-order valence-electron chi connectivity index (χ3n) is 2.63.